The van der Waals surface area contributed by atoms with Crippen molar-refractivity contribution in [1.29, 1.82) is 0 Å². The zero-order chi connectivity index (χ0) is 21.8. The molecule has 7 nitrogen and oxygen atoms in total. The second-order valence-electron chi connectivity index (χ2n) is 8.50. The molecule has 0 atom stereocenters. The first-order valence-electron chi connectivity index (χ1n) is 11.6. The molecule has 30 heavy (non-hydrogen) atoms. The van der Waals surface area contributed by atoms with Gasteiger partial charge in [-0.3, -0.25) is 24.1 Å². The third-order valence-corrected chi connectivity index (χ3v) is 6.04. The summed E-state index contributed by atoms with van der Waals surface area (Å²) >= 11 is 0. The standard InChI is InChI=1S/C23H37N3O4/c1-2-3-6-15-24-20(27)8-5-4-7-16-25-23(30)19-11-9-18(10-12-19)17-26-21(28)13-14-22(26)29/h13-14,18-19H,2-12,15-17H2,1H3,(H,24,27)(H,25,30). The number of amides is 4. The lowest BCUT2D eigenvalue weighted by atomic mass is 9.81. The highest BCUT2D eigenvalue weighted by atomic mass is 16.2. The van der Waals surface area contributed by atoms with Crippen molar-refractivity contribution < 1.29 is 19.2 Å². The highest BCUT2D eigenvalue weighted by molar-refractivity contribution is 6.12. The van der Waals surface area contributed by atoms with Crippen LogP contribution in [0.3, 0.4) is 0 Å². The Morgan fingerprint density at radius 2 is 1.53 bits per heavy atom. The molecule has 0 unspecified atom stereocenters. The van der Waals surface area contributed by atoms with Crippen molar-refractivity contribution in [2.24, 2.45) is 11.8 Å². The van der Waals surface area contributed by atoms with E-state index >= 15 is 0 Å². The van der Waals surface area contributed by atoms with Gasteiger partial charge in [0.25, 0.3) is 11.8 Å². The average molecular weight is 420 g/mol. The second kappa shape index (κ2) is 13.2. The number of hydrogen-bond donors (Lipinski definition) is 2. The minimum absolute atomic E-state index is 0.0262. The maximum atomic E-state index is 12.4. The van der Waals surface area contributed by atoms with Gasteiger partial charge in [-0.25, -0.2) is 0 Å². The highest BCUT2D eigenvalue weighted by Gasteiger charge is 2.31. The highest BCUT2D eigenvalue weighted by Crippen LogP contribution is 2.30. The number of nitrogens with one attached hydrogen (secondary N) is 2. The van der Waals surface area contributed by atoms with Gasteiger partial charge < -0.3 is 10.6 Å². The molecule has 4 amide bonds. The van der Waals surface area contributed by atoms with Crippen LogP contribution in [0.5, 0.6) is 0 Å². The fourth-order valence-corrected chi connectivity index (χ4v) is 4.11. The van der Waals surface area contributed by atoms with Crippen molar-refractivity contribution in [1.82, 2.24) is 15.5 Å². The van der Waals surface area contributed by atoms with E-state index in [4.69, 9.17) is 0 Å². The van der Waals surface area contributed by atoms with E-state index in [0.29, 0.717) is 19.5 Å². The molecule has 1 aliphatic heterocycles. The molecule has 0 radical (unpaired) electrons. The van der Waals surface area contributed by atoms with Crippen molar-refractivity contribution in [3.63, 3.8) is 0 Å². The van der Waals surface area contributed by atoms with Gasteiger partial charge in [0.15, 0.2) is 0 Å². The van der Waals surface area contributed by atoms with Crippen molar-refractivity contribution in [3.05, 3.63) is 12.2 Å². The SMILES string of the molecule is CCCCCNC(=O)CCCCCNC(=O)C1CCC(CN2C(=O)C=CC2=O)CC1. The third kappa shape index (κ3) is 8.28. The van der Waals surface area contributed by atoms with Crippen LogP contribution in [-0.4, -0.2) is 48.2 Å². The first-order valence-corrected chi connectivity index (χ1v) is 11.6. The molecule has 1 saturated carbocycles. The first-order chi connectivity index (χ1) is 14.5. The summed E-state index contributed by atoms with van der Waals surface area (Å²) in [6.45, 7) is 4.03. The first kappa shape index (κ1) is 24.1. The molecule has 1 heterocycles. The second-order valence-corrected chi connectivity index (χ2v) is 8.50. The van der Waals surface area contributed by atoms with E-state index in [1.165, 1.54) is 17.1 Å². The normalized spacial score (nSPS) is 21.2. The van der Waals surface area contributed by atoms with Gasteiger partial charge in [-0.1, -0.05) is 26.2 Å². The maximum absolute atomic E-state index is 12.4. The van der Waals surface area contributed by atoms with Gasteiger partial charge in [-0.2, -0.15) is 0 Å². The molecule has 1 aliphatic carbocycles. The number of nitrogens with zero attached hydrogens (tertiary/aromatic N) is 1. The number of rotatable bonds is 13. The summed E-state index contributed by atoms with van der Waals surface area (Å²) in [5.41, 5.74) is 0. The van der Waals surface area contributed by atoms with Crippen molar-refractivity contribution >= 4 is 23.6 Å². The Labute approximate surface area is 180 Å². The van der Waals surface area contributed by atoms with Crippen LogP contribution in [0, 0.1) is 11.8 Å². The summed E-state index contributed by atoms with van der Waals surface area (Å²) in [5, 5.41) is 5.97. The predicted octanol–water partition coefficient (Wildman–Crippen LogP) is 2.70. The minimum Gasteiger partial charge on any atom is -0.356 e. The van der Waals surface area contributed by atoms with E-state index in [2.05, 4.69) is 17.6 Å². The Balaban J connectivity index is 1.49. The fraction of sp³-hybridized carbons (Fsp3) is 0.739. The minimum atomic E-state index is -0.228. The number of carbonyl (C=O) groups excluding carboxylic acids is 4. The van der Waals surface area contributed by atoms with Crippen LogP contribution in [0.2, 0.25) is 0 Å². The smallest absolute Gasteiger partial charge is 0.253 e. The summed E-state index contributed by atoms with van der Waals surface area (Å²) in [4.78, 5) is 48.7. The summed E-state index contributed by atoms with van der Waals surface area (Å²) in [6, 6.07) is 0. The van der Waals surface area contributed by atoms with Gasteiger partial charge >= 0.3 is 0 Å². The molecule has 168 valence electrons. The molecule has 0 aromatic rings. The Hall–Kier alpha value is -2.18. The monoisotopic (exact) mass is 419 g/mol. The van der Waals surface area contributed by atoms with E-state index in [1.54, 1.807) is 0 Å². The topological polar surface area (TPSA) is 95.6 Å². The van der Waals surface area contributed by atoms with Crippen molar-refractivity contribution in [3.8, 4) is 0 Å². The van der Waals surface area contributed by atoms with E-state index in [1.807, 2.05) is 0 Å². The molecule has 7 heteroatoms. The van der Waals surface area contributed by atoms with Crippen molar-refractivity contribution in [2.45, 2.75) is 77.6 Å². The Kier molecular flexibility index (Phi) is 10.6. The summed E-state index contributed by atoms with van der Waals surface area (Å²) < 4.78 is 0. The van der Waals surface area contributed by atoms with Crippen LogP contribution in [0.1, 0.15) is 77.6 Å². The Bertz CT molecular complexity index is 606. The Morgan fingerprint density at radius 1 is 0.900 bits per heavy atom. The molecule has 2 rings (SSSR count). The molecular formula is C23H37N3O4. The maximum Gasteiger partial charge on any atom is 0.253 e. The predicted molar refractivity (Wildman–Crippen MR) is 115 cm³/mol. The number of carbonyl (C=O) groups is 4. The van der Waals surface area contributed by atoms with Crippen LogP contribution in [0.4, 0.5) is 0 Å². The van der Waals surface area contributed by atoms with E-state index in [-0.39, 0.29) is 35.5 Å². The molecule has 0 saturated heterocycles. The average Bonchev–Trinajstić information content (AvgIpc) is 3.06. The van der Waals surface area contributed by atoms with Crippen molar-refractivity contribution in [2.75, 3.05) is 19.6 Å². The summed E-state index contributed by atoms with van der Waals surface area (Å²) in [6.07, 6.45) is 12.5. The third-order valence-electron chi connectivity index (χ3n) is 6.04. The molecule has 0 bridgehead atoms. The molecular weight excluding hydrogens is 382 g/mol. The van der Waals surface area contributed by atoms with Gasteiger partial charge in [0.2, 0.25) is 11.8 Å². The van der Waals surface area contributed by atoms with Gasteiger partial charge in [0.05, 0.1) is 0 Å². The number of unbranched alkanes of at least 4 members (excludes halogenated alkanes) is 4. The quantitative estimate of drug-likeness (QED) is 0.354. The lowest BCUT2D eigenvalue weighted by molar-refractivity contribution is -0.138. The van der Waals surface area contributed by atoms with E-state index in [9.17, 15) is 19.2 Å². The zero-order valence-electron chi connectivity index (χ0n) is 18.3. The number of imide groups is 1. The zero-order valence-corrected chi connectivity index (χ0v) is 18.3. The largest absolute Gasteiger partial charge is 0.356 e. The molecule has 0 spiro atoms. The van der Waals surface area contributed by atoms with Crippen LogP contribution in [0.25, 0.3) is 0 Å². The van der Waals surface area contributed by atoms with Gasteiger partial charge in [-0.15, -0.1) is 0 Å². The lowest BCUT2D eigenvalue weighted by Crippen LogP contribution is -2.38. The Morgan fingerprint density at radius 3 is 2.20 bits per heavy atom. The van der Waals surface area contributed by atoms with Gasteiger partial charge in [-0.05, 0) is 50.9 Å². The number of hydrogen-bond acceptors (Lipinski definition) is 4. The molecule has 2 aliphatic rings. The molecule has 2 N–H and O–H groups in total. The summed E-state index contributed by atoms with van der Waals surface area (Å²) in [7, 11) is 0. The molecule has 0 aromatic heterocycles. The van der Waals surface area contributed by atoms with Gasteiger partial charge in [0, 0.05) is 44.1 Å². The van der Waals surface area contributed by atoms with Crippen LogP contribution in [0.15, 0.2) is 12.2 Å². The molecule has 1 fully saturated rings. The van der Waals surface area contributed by atoms with Crippen LogP contribution < -0.4 is 10.6 Å². The lowest BCUT2D eigenvalue weighted by Gasteiger charge is -2.30. The van der Waals surface area contributed by atoms with E-state index < -0.39 is 0 Å². The summed E-state index contributed by atoms with van der Waals surface area (Å²) in [5.74, 6) is 0.0908. The molecule has 0 aromatic carbocycles. The van der Waals surface area contributed by atoms with Crippen LogP contribution in [-0.2, 0) is 19.2 Å². The fourth-order valence-electron chi connectivity index (χ4n) is 4.11. The van der Waals surface area contributed by atoms with E-state index in [0.717, 1.165) is 70.8 Å². The van der Waals surface area contributed by atoms with Crippen LogP contribution >= 0.6 is 0 Å². The van der Waals surface area contributed by atoms with Gasteiger partial charge in [0.1, 0.15) is 0 Å².